The summed E-state index contributed by atoms with van der Waals surface area (Å²) < 4.78 is 6.84. The van der Waals surface area contributed by atoms with E-state index in [1.54, 1.807) is 0 Å². The second-order valence-electron chi connectivity index (χ2n) is 4.58. The van der Waals surface area contributed by atoms with Crippen molar-refractivity contribution in [3.8, 4) is 5.75 Å². The summed E-state index contributed by atoms with van der Waals surface area (Å²) in [6.07, 6.45) is 0.961. The van der Waals surface area contributed by atoms with Crippen molar-refractivity contribution in [3.63, 3.8) is 0 Å². The van der Waals surface area contributed by atoms with Crippen molar-refractivity contribution in [3.05, 3.63) is 61.7 Å². The van der Waals surface area contributed by atoms with Gasteiger partial charge in [0.05, 0.1) is 12.6 Å². The molecule has 2 N–H and O–H groups in total. The van der Waals surface area contributed by atoms with Crippen LogP contribution in [0.4, 0.5) is 0 Å². The molecule has 3 rings (SSSR count). The number of fused-ring (bicyclic) bond motifs is 1. The molecule has 4 heteroatoms. The van der Waals surface area contributed by atoms with E-state index in [1.807, 2.05) is 30.3 Å². The van der Waals surface area contributed by atoms with Gasteiger partial charge >= 0.3 is 0 Å². The molecule has 1 unspecified atom stereocenters. The predicted molar refractivity (Wildman–Crippen MR) is 85.8 cm³/mol. The molecular formula is C15H13ClINO. The van der Waals surface area contributed by atoms with Gasteiger partial charge in [0.1, 0.15) is 5.75 Å². The number of halogens is 2. The second kappa shape index (κ2) is 5.31. The lowest BCUT2D eigenvalue weighted by Crippen LogP contribution is -2.14. The Morgan fingerprint density at radius 2 is 2.05 bits per heavy atom. The van der Waals surface area contributed by atoms with E-state index >= 15 is 0 Å². The van der Waals surface area contributed by atoms with Crippen molar-refractivity contribution >= 4 is 34.2 Å². The molecule has 98 valence electrons. The highest BCUT2D eigenvalue weighted by atomic mass is 127. The van der Waals surface area contributed by atoms with Crippen LogP contribution in [0.3, 0.4) is 0 Å². The van der Waals surface area contributed by atoms with Gasteiger partial charge in [-0.3, -0.25) is 0 Å². The van der Waals surface area contributed by atoms with Crippen molar-refractivity contribution in [2.45, 2.75) is 12.5 Å². The minimum atomic E-state index is -0.210. The minimum Gasteiger partial charge on any atom is -0.493 e. The van der Waals surface area contributed by atoms with Crippen LogP contribution in [-0.4, -0.2) is 6.61 Å². The third-order valence-electron chi connectivity index (χ3n) is 3.37. The summed E-state index contributed by atoms with van der Waals surface area (Å²) in [5, 5.41) is 0.708. The summed E-state index contributed by atoms with van der Waals surface area (Å²) in [5.74, 6) is 0.950. The zero-order chi connectivity index (χ0) is 13.4. The fourth-order valence-corrected chi connectivity index (χ4v) is 3.26. The minimum absolute atomic E-state index is 0.210. The third-order valence-corrected chi connectivity index (χ3v) is 4.59. The maximum atomic E-state index is 6.42. The van der Waals surface area contributed by atoms with Gasteiger partial charge in [-0.2, -0.15) is 0 Å². The third kappa shape index (κ3) is 2.47. The van der Waals surface area contributed by atoms with Crippen LogP contribution in [0.2, 0.25) is 5.02 Å². The zero-order valence-electron chi connectivity index (χ0n) is 10.2. The number of para-hydroxylation sites is 1. The lowest BCUT2D eigenvalue weighted by atomic mass is 9.97. The normalized spacial score (nSPS) is 14.9. The van der Waals surface area contributed by atoms with Gasteiger partial charge in [-0.25, -0.2) is 0 Å². The molecule has 1 heterocycles. The molecule has 2 aromatic rings. The summed E-state index contributed by atoms with van der Waals surface area (Å²) in [4.78, 5) is 0. The molecule has 1 aliphatic rings. The number of ether oxygens (including phenoxy) is 1. The molecule has 19 heavy (non-hydrogen) atoms. The molecule has 0 spiro atoms. The molecule has 0 aliphatic carbocycles. The Bertz CT molecular complexity index is 630. The average molecular weight is 386 g/mol. The molecule has 0 bridgehead atoms. The molecule has 0 saturated heterocycles. The topological polar surface area (TPSA) is 35.2 Å². The smallest absolute Gasteiger partial charge is 0.127 e. The molecule has 1 aliphatic heterocycles. The maximum absolute atomic E-state index is 6.42. The lowest BCUT2D eigenvalue weighted by molar-refractivity contribution is 0.352. The molecular weight excluding hydrogens is 373 g/mol. The molecule has 0 fully saturated rings. The fourth-order valence-electron chi connectivity index (χ4n) is 2.41. The van der Waals surface area contributed by atoms with E-state index in [2.05, 4.69) is 28.7 Å². The number of hydrogen-bond donors (Lipinski definition) is 1. The van der Waals surface area contributed by atoms with Gasteiger partial charge in [0, 0.05) is 20.6 Å². The Kier molecular flexibility index (Phi) is 3.69. The first-order valence-corrected chi connectivity index (χ1v) is 7.57. The summed E-state index contributed by atoms with van der Waals surface area (Å²) in [6, 6.07) is 11.8. The van der Waals surface area contributed by atoms with Crippen LogP contribution in [0.15, 0.2) is 36.4 Å². The largest absolute Gasteiger partial charge is 0.493 e. The Balaban J connectivity index is 2.07. The second-order valence-corrected chi connectivity index (χ2v) is 6.18. The molecule has 0 aromatic heterocycles. The Morgan fingerprint density at radius 1 is 1.21 bits per heavy atom. The van der Waals surface area contributed by atoms with Crippen molar-refractivity contribution < 1.29 is 4.74 Å². The first-order chi connectivity index (χ1) is 9.16. The summed E-state index contributed by atoms with van der Waals surface area (Å²) in [7, 11) is 0. The number of hydrogen-bond acceptors (Lipinski definition) is 2. The van der Waals surface area contributed by atoms with Crippen LogP contribution in [0.5, 0.6) is 5.75 Å². The Hall–Kier alpha value is -0.780. The average Bonchev–Trinajstić information content (AvgIpc) is 2.89. The van der Waals surface area contributed by atoms with Gasteiger partial charge in [0.15, 0.2) is 0 Å². The van der Waals surface area contributed by atoms with Gasteiger partial charge in [-0.1, -0.05) is 29.8 Å². The van der Waals surface area contributed by atoms with E-state index in [0.29, 0.717) is 5.02 Å². The molecule has 1 atom stereocenters. The quantitative estimate of drug-likeness (QED) is 0.795. The fraction of sp³-hybridized carbons (Fsp3) is 0.200. The number of benzene rings is 2. The van der Waals surface area contributed by atoms with E-state index in [-0.39, 0.29) is 6.04 Å². The lowest BCUT2D eigenvalue weighted by Gasteiger charge is -2.17. The molecule has 0 saturated carbocycles. The molecule has 2 aromatic carbocycles. The van der Waals surface area contributed by atoms with Crippen molar-refractivity contribution in [2.24, 2.45) is 5.73 Å². The van der Waals surface area contributed by atoms with Crippen molar-refractivity contribution in [2.75, 3.05) is 6.61 Å². The van der Waals surface area contributed by atoms with E-state index < -0.39 is 0 Å². The summed E-state index contributed by atoms with van der Waals surface area (Å²) >= 11 is 8.36. The van der Waals surface area contributed by atoms with E-state index in [4.69, 9.17) is 22.1 Å². The Morgan fingerprint density at radius 3 is 2.89 bits per heavy atom. The van der Waals surface area contributed by atoms with Crippen LogP contribution in [0.25, 0.3) is 0 Å². The van der Waals surface area contributed by atoms with Crippen LogP contribution >= 0.6 is 34.2 Å². The zero-order valence-corrected chi connectivity index (χ0v) is 13.1. The maximum Gasteiger partial charge on any atom is 0.127 e. The highest BCUT2D eigenvalue weighted by molar-refractivity contribution is 14.1. The molecule has 2 nitrogen and oxygen atoms in total. The Labute approximate surface area is 131 Å². The van der Waals surface area contributed by atoms with Gasteiger partial charge in [0.25, 0.3) is 0 Å². The van der Waals surface area contributed by atoms with Gasteiger partial charge < -0.3 is 10.5 Å². The van der Waals surface area contributed by atoms with Gasteiger partial charge in [-0.05, 0) is 51.9 Å². The highest BCUT2D eigenvalue weighted by Crippen LogP contribution is 2.36. The monoisotopic (exact) mass is 385 g/mol. The first kappa shape index (κ1) is 13.2. The number of rotatable bonds is 2. The van der Waals surface area contributed by atoms with Gasteiger partial charge in [0.2, 0.25) is 0 Å². The van der Waals surface area contributed by atoms with E-state index in [0.717, 1.165) is 33.5 Å². The van der Waals surface area contributed by atoms with Crippen LogP contribution in [-0.2, 0) is 6.42 Å². The van der Waals surface area contributed by atoms with Crippen LogP contribution < -0.4 is 10.5 Å². The summed E-state index contributed by atoms with van der Waals surface area (Å²) in [5.41, 5.74) is 9.73. The van der Waals surface area contributed by atoms with Crippen molar-refractivity contribution in [1.82, 2.24) is 0 Å². The van der Waals surface area contributed by atoms with E-state index in [9.17, 15) is 0 Å². The van der Waals surface area contributed by atoms with Gasteiger partial charge in [-0.15, -0.1) is 0 Å². The van der Waals surface area contributed by atoms with Crippen LogP contribution in [0.1, 0.15) is 22.7 Å². The highest BCUT2D eigenvalue weighted by Gasteiger charge is 2.22. The standard InChI is InChI=1S/C15H13ClINO/c16-10-4-5-13(17)12(8-10)14(18)11-3-1-2-9-6-7-19-15(9)11/h1-5,8,14H,6-7,18H2. The van der Waals surface area contributed by atoms with Crippen molar-refractivity contribution in [1.29, 1.82) is 0 Å². The van der Waals surface area contributed by atoms with Crippen LogP contribution in [0, 0.1) is 3.57 Å². The molecule has 0 amide bonds. The SMILES string of the molecule is NC(c1cc(Cl)ccc1I)c1cccc2c1OCC2. The van der Waals surface area contributed by atoms with E-state index in [1.165, 1.54) is 5.56 Å². The predicted octanol–water partition coefficient (Wildman–Crippen LogP) is 3.93. The molecule has 0 radical (unpaired) electrons. The summed E-state index contributed by atoms with van der Waals surface area (Å²) in [6.45, 7) is 0.742. The number of nitrogens with two attached hydrogens (primary N) is 1. The first-order valence-electron chi connectivity index (χ1n) is 6.12.